The maximum Gasteiger partial charge on any atom is 0.327 e. The number of carbonyl (C=O) groups is 3. The zero-order chi connectivity index (χ0) is 16.8. The molecular weight excluding hydrogens is 292 g/mol. The SMILES string of the molecule is COC(=O)Cn1ccc(NC(=O)NC(C)(C)CCC(=O)O)n1. The van der Waals surface area contributed by atoms with Crippen LogP contribution in [-0.2, 0) is 20.9 Å². The van der Waals surface area contributed by atoms with Crippen LogP contribution in [0.15, 0.2) is 12.3 Å². The van der Waals surface area contributed by atoms with Crippen molar-refractivity contribution in [3.05, 3.63) is 12.3 Å². The number of carboxylic acid groups (broad SMARTS) is 1. The van der Waals surface area contributed by atoms with Crippen molar-refractivity contribution in [2.75, 3.05) is 12.4 Å². The number of aliphatic carboxylic acids is 1. The number of rotatable bonds is 7. The molecule has 9 nitrogen and oxygen atoms in total. The third-order valence-electron chi connectivity index (χ3n) is 2.82. The van der Waals surface area contributed by atoms with Gasteiger partial charge in [0.1, 0.15) is 6.54 Å². The molecule has 0 saturated heterocycles. The number of anilines is 1. The highest BCUT2D eigenvalue weighted by molar-refractivity contribution is 5.88. The Morgan fingerprint density at radius 1 is 1.41 bits per heavy atom. The Morgan fingerprint density at radius 2 is 2.09 bits per heavy atom. The monoisotopic (exact) mass is 312 g/mol. The van der Waals surface area contributed by atoms with E-state index in [-0.39, 0.29) is 18.8 Å². The standard InChI is InChI=1S/C13H20N4O5/c1-13(2,6-4-10(18)19)15-12(21)14-9-5-7-17(16-9)8-11(20)22-3/h5,7H,4,6,8H2,1-3H3,(H,18,19)(H2,14,15,16,21). The van der Waals surface area contributed by atoms with Crippen LogP contribution in [0.1, 0.15) is 26.7 Å². The van der Waals surface area contributed by atoms with Crippen LogP contribution in [0.25, 0.3) is 0 Å². The number of hydrogen-bond donors (Lipinski definition) is 3. The Hall–Kier alpha value is -2.58. The summed E-state index contributed by atoms with van der Waals surface area (Å²) in [4.78, 5) is 33.5. The highest BCUT2D eigenvalue weighted by atomic mass is 16.5. The molecule has 0 aliphatic carbocycles. The molecule has 9 heteroatoms. The number of hydrogen-bond acceptors (Lipinski definition) is 5. The van der Waals surface area contributed by atoms with Gasteiger partial charge in [-0.1, -0.05) is 0 Å². The van der Waals surface area contributed by atoms with Gasteiger partial charge in [-0.05, 0) is 20.3 Å². The first kappa shape index (κ1) is 17.5. The fraction of sp³-hybridized carbons (Fsp3) is 0.538. The highest BCUT2D eigenvalue weighted by Gasteiger charge is 2.21. The van der Waals surface area contributed by atoms with Crippen LogP contribution in [0.3, 0.4) is 0 Å². The first-order chi connectivity index (χ1) is 10.2. The van der Waals surface area contributed by atoms with Gasteiger partial charge < -0.3 is 15.2 Å². The Bertz CT molecular complexity index is 552. The van der Waals surface area contributed by atoms with Crippen molar-refractivity contribution in [3.63, 3.8) is 0 Å². The third-order valence-corrected chi connectivity index (χ3v) is 2.82. The van der Waals surface area contributed by atoms with Crippen LogP contribution in [0, 0.1) is 0 Å². The van der Waals surface area contributed by atoms with Crippen LogP contribution in [0.4, 0.5) is 10.6 Å². The second-order valence-electron chi connectivity index (χ2n) is 5.33. The Balaban J connectivity index is 2.51. The number of amides is 2. The molecule has 2 amide bonds. The summed E-state index contributed by atoms with van der Waals surface area (Å²) in [7, 11) is 1.28. The number of esters is 1. The molecule has 0 spiro atoms. The minimum atomic E-state index is -0.920. The zero-order valence-electron chi connectivity index (χ0n) is 12.8. The lowest BCUT2D eigenvalue weighted by molar-refractivity contribution is -0.141. The average Bonchev–Trinajstić information content (AvgIpc) is 2.82. The second-order valence-corrected chi connectivity index (χ2v) is 5.33. The minimum Gasteiger partial charge on any atom is -0.481 e. The first-order valence-electron chi connectivity index (χ1n) is 6.63. The van der Waals surface area contributed by atoms with Crippen molar-refractivity contribution in [1.29, 1.82) is 0 Å². The van der Waals surface area contributed by atoms with Crippen molar-refractivity contribution in [2.45, 2.75) is 38.8 Å². The molecule has 1 rings (SSSR count). The molecule has 0 bridgehead atoms. The van der Waals surface area contributed by atoms with Gasteiger partial charge in [-0.2, -0.15) is 5.10 Å². The summed E-state index contributed by atoms with van der Waals surface area (Å²) < 4.78 is 5.84. The first-order valence-corrected chi connectivity index (χ1v) is 6.63. The van der Waals surface area contributed by atoms with Crippen LogP contribution in [0.2, 0.25) is 0 Å². The third kappa shape index (κ3) is 6.25. The second kappa shape index (κ2) is 7.43. The molecule has 0 atom stereocenters. The normalized spacial score (nSPS) is 10.9. The van der Waals surface area contributed by atoms with Gasteiger partial charge in [-0.3, -0.25) is 19.6 Å². The van der Waals surface area contributed by atoms with E-state index in [0.717, 1.165) is 0 Å². The molecule has 0 radical (unpaired) electrons. The van der Waals surface area contributed by atoms with E-state index in [1.807, 2.05) is 0 Å². The highest BCUT2D eigenvalue weighted by Crippen LogP contribution is 2.12. The Morgan fingerprint density at radius 3 is 2.68 bits per heavy atom. The topological polar surface area (TPSA) is 123 Å². The molecule has 0 aromatic carbocycles. The molecule has 1 aromatic heterocycles. The molecule has 0 aliphatic rings. The predicted molar refractivity (Wildman–Crippen MR) is 77.3 cm³/mol. The van der Waals surface area contributed by atoms with E-state index in [9.17, 15) is 14.4 Å². The molecule has 1 aromatic rings. The lowest BCUT2D eigenvalue weighted by Crippen LogP contribution is -2.45. The molecule has 0 fully saturated rings. The van der Waals surface area contributed by atoms with Gasteiger partial charge in [0.15, 0.2) is 5.82 Å². The quantitative estimate of drug-likeness (QED) is 0.641. The number of carbonyl (C=O) groups excluding carboxylic acids is 2. The van der Waals surface area contributed by atoms with E-state index in [0.29, 0.717) is 6.42 Å². The number of methoxy groups -OCH3 is 1. The summed E-state index contributed by atoms with van der Waals surface area (Å²) in [6.45, 7) is 3.40. The molecule has 122 valence electrons. The number of ether oxygens (including phenoxy) is 1. The van der Waals surface area contributed by atoms with Crippen LogP contribution < -0.4 is 10.6 Å². The predicted octanol–water partition coefficient (Wildman–Crippen LogP) is 0.821. The average molecular weight is 312 g/mol. The number of aromatic nitrogens is 2. The maximum atomic E-state index is 11.8. The van der Waals surface area contributed by atoms with Crippen molar-refractivity contribution in [2.24, 2.45) is 0 Å². The summed E-state index contributed by atoms with van der Waals surface area (Å²) in [5.74, 6) is -1.10. The van der Waals surface area contributed by atoms with Gasteiger partial charge in [-0.25, -0.2) is 4.79 Å². The largest absolute Gasteiger partial charge is 0.481 e. The Labute approximate surface area is 127 Å². The molecule has 0 saturated carbocycles. The fourth-order valence-corrected chi connectivity index (χ4v) is 1.65. The fourth-order valence-electron chi connectivity index (χ4n) is 1.65. The molecule has 1 heterocycles. The van der Waals surface area contributed by atoms with Gasteiger partial charge in [-0.15, -0.1) is 0 Å². The maximum absolute atomic E-state index is 11.8. The van der Waals surface area contributed by atoms with Gasteiger partial charge in [0.05, 0.1) is 7.11 Å². The minimum absolute atomic E-state index is 0.0406. The summed E-state index contributed by atoms with van der Waals surface area (Å²) in [6.07, 6.45) is 1.79. The van der Waals surface area contributed by atoms with E-state index in [1.54, 1.807) is 13.8 Å². The van der Waals surface area contributed by atoms with Crippen molar-refractivity contribution in [1.82, 2.24) is 15.1 Å². The number of nitrogens with zero attached hydrogens (tertiary/aromatic N) is 2. The molecule has 3 N–H and O–H groups in total. The van der Waals surface area contributed by atoms with Crippen LogP contribution >= 0.6 is 0 Å². The van der Waals surface area contributed by atoms with Crippen LogP contribution in [0.5, 0.6) is 0 Å². The molecule has 0 aliphatic heterocycles. The van der Waals surface area contributed by atoms with E-state index < -0.39 is 23.5 Å². The zero-order valence-corrected chi connectivity index (χ0v) is 12.8. The van der Waals surface area contributed by atoms with Crippen molar-refractivity contribution in [3.8, 4) is 0 Å². The summed E-state index contributed by atoms with van der Waals surface area (Å²) in [6, 6.07) is 1.03. The molecule has 22 heavy (non-hydrogen) atoms. The molecule has 0 unspecified atom stereocenters. The smallest absolute Gasteiger partial charge is 0.327 e. The van der Waals surface area contributed by atoms with Gasteiger partial charge in [0.2, 0.25) is 0 Å². The van der Waals surface area contributed by atoms with E-state index in [4.69, 9.17) is 5.11 Å². The van der Waals surface area contributed by atoms with Gasteiger partial charge >= 0.3 is 18.0 Å². The lowest BCUT2D eigenvalue weighted by Gasteiger charge is -2.25. The van der Waals surface area contributed by atoms with Gasteiger partial charge in [0.25, 0.3) is 0 Å². The van der Waals surface area contributed by atoms with E-state index >= 15 is 0 Å². The van der Waals surface area contributed by atoms with Crippen molar-refractivity contribution < 1.29 is 24.2 Å². The Kier molecular flexibility index (Phi) is 5.90. The number of nitrogens with one attached hydrogen (secondary N) is 2. The summed E-state index contributed by atoms with van der Waals surface area (Å²) >= 11 is 0. The summed E-state index contributed by atoms with van der Waals surface area (Å²) in [5, 5.41) is 17.8. The number of carboxylic acids is 1. The van der Waals surface area contributed by atoms with E-state index in [2.05, 4.69) is 20.5 Å². The molecular formula is C13H20N4O5. The number of urea groups is 1. The van der Waals surface area contributed by atoms with Crippen molar-refractivity contribution >= 4 is 23.8 Å². The van der Waals surface area contributed by atoms with Gasteiger partial charge in [0, 0.05) is 24.2 Å². The van der Waals surface area contributed by atoms with Crippen LogP contribution in [-0.4, -0.2) is 45.5 Å². The lowest BCUT2D eigenvalue weighted by atomic mass is 9.99. The summed E-state index contributed by atoms with van der Waals surface area (Å²) in [5.41, 5.74) is -0.670. The van der Waals surface area contributed by atoms with E-state index in [1.165, 1.54) is 24.1 Å².